The molecule has 0 spiro atoms. The van der Waals surface area contributed by atoms with Gasteiger partial charge in [-0.05, 0) is 68.6 Å². The van der Waals surface area contributed by atoms with Crippen molar-refractivity contribution in [3.8, 4) is 0 Å². The number of carbonyl (C=O) groups is 2. The van der Waals surface area contributed by atoms with Crippen LogP contribution >= 0.6 is 0 Å². The van der Waals surface area contributed by atoms with Gasteiger partial charge in [0, 0.05) is 18.2 Å². The zero-order valence-corrected chi connectivity index (χ0v) is 12.0. The molecule has 0 aromatic carbocycles. The summed E-state index contributed by atoms with van der Waals surface area (Å²) in [4.78, 5) is 22.2. The third-order valence-corrected chi connectivity index (χ3v) is 5.74. The molecule has 1 amide bonds. The van der Waals surface area contributed by atoms with Gasteiger partial charge < -0.3 is 10.4 Å². The molecule has 20 heavy (non-hydrogen) atoms. The molecule has 4 nitrogen and oxygen atoms in total. The highest BCUT2D eigenvalue weighted by atomic mass is 16.4. The first kappa shape index (κ1) is 13.7. The van der Waals surface area contributed by atoms with Crippen LogP contribution in [0.5, 0.6) is 0 Å². The minimum absolute atomic E-state index is 0.141. The van der Waals surface area contributed by atoms with Gasteiger partial charge in [-0.1, -0.05) is 0 Å². The van der Waals surface area contributed by atoms with Crippen LogP contribution in [0.3, 0.4) is 0 Å². The van der Waals surface area contributed by atoms with Crippen molar-refractivity contribution in [2.45, 2.75) is 51.5 Å². The lowest BCUT2D eigenvalue weighted by Crippen LogP contribution is -2.55. The normalized spacial score (nSPS) is 40.0. The van der Waals surface area contributed by atoms with Gasteiger partial charge in [0.05, 0.1) is 0 Å². The number of carboxylic acids is 1. The lowest BCUT2D eigenvalue weighted by atomic mass is 9.48. The van der Waals surface area contributed by atoms with E-state index in [1.165, 1.54) is 38.5 Å². The minimum atomic E-state index is -1.08. The Balaban J connectivity index is 1.66. The van der Waals surface area contributed by atoms with E-state index in [0.29, 0.717) is 0 Å². The summed E-state index contributed by atoms with van der Waals surface area (Å²) in [6.45, 7) is 2.10. The van der Waals surface area contributed by atoms with Crippen molar-refractivity contribution < 1.29 is 14.7 Å². The van der Waals surface area contributed by atoms with Crippen LogP contribution in [0.15, 0.2) is 12.2 Å². The molecule has 0 heterocycles. The highest BCUT2D eigenvalue weighted by Crippen LogP contribution is 2.61. The number of carboxylic acid groups (broad SMARTS) is 1. The number of hydrogen-bond donors (Lipinski definition) is 2. The van der Waals surface area contributed by atoms with Gasteiger partial charge in [0.2, 0.25) is 5.91 Å². The molecule has 1 atom stereocenters. The van der Waals surface area contributed by atoms with Crippen LogP contribution in [0.1, 0.15) is 45.4 Å². The van der Waals surface area contributed by atoms with E-state index >= 15 is 0 Å². The number of amides is 1. The molecular weight excluding hydrogens is 254 g/mol. The van der Waals surface area contributed by atoms with Gasteiger partial charge in [-0.2, -0.15) is 0 Å². The fraction of sp³-hybridized carbons (Fsp3) is 0.750. The largest absolute Gasteiger partial charge is 0.478 e. The SMILES string of the molecule is CC(NC(=O)C=CC(=O)O)C12CC3CC(CC(C3)C1)C2. The zero-order chi connectivity index (χ0) is 14.3. The van der Waals surface area contributed by atoms with Gasteiger partial charge in [-0.15, -0.1) is 0 Å². The Hall–Kier alpha value is -1.32. The molecule has 4 rings (SSSR count). The van der Waals surface area contributed by atoms with Crippen molar-refractivity contribution in [2.75, 3.05) is 0 Å². The molecule has 1 unspecified atom stereocenters. The molecular formula is C16H23NO3. The molecule has 0 aromatic heterocycles. The lowest BCUT2D eigenvalue weighted by molar-refractivity contribution is -0.131. The maximum Gasteiger partial charge on any atom is 0.328 e. The van der Waals surface area contributed by atoms with Crippen molar-refractivity contribution in [3.63, 3.8) is 0 Å². The maximum absolute atomic E-state index is 11.8. The van der Waals surface area contributed by atoms with Gasteiger partial charge in [-0.3, -0.25) is 4.79 Å². The van der Waals surface area contributed by atoms with E-state index in [1.807, 2.05) is 0 Å². The number of nitrogens with one attached hydrogen (secondary N) is 1. The van der Waals surface area contributed by atoms with Crippen LogP contribution in [0.2, 0.25) is 0 Å². The maximum atomic E-state index is 11.8. The first-order valence-corrected chi connectivity index (χ1v) is 7.68. The summed E-state index contributed by atoms with van der Waals surface area (Å²) in [6.07, 6.45) is 9.91. The lowest BCUT2D eigenvalue weighted by Gasteiger charge is -2.59. The second kappa shape index (κ2) is 4.90. The fourth-order valence-corrected chi connectivity index (χ4v) is 5.27. The van der Waals surface area contributed by atoms with E-state index in [1.54, 1.807) is 0 Å². The molecule has 0 aliphatic heterocycles. The minimum Gasteiger partial charge on any atom is -0.478 e. The molecule has 4 aliphatic carbocycles. The van der Waals surface area contributed by atoms with Crippen molar-refractivity contribution in [2.24, 2.45) is 23.2 Å². The third-order valence-electron chi connectivity index (χ3n) is 5.74. The first-order valence-electron chi connectivity index (χ1n) is 7.68. The highest BCUT2D eigenvalue weighted by molar-refractivity contribution is 5.94. The summed E-state index contributed by atoms with van der Waals surface area (Å²) in [6, 6.07) is 0.141. The number of aliphatic carboxylic acids is 1. The Bertz CT molecular complexity index is 419. The molecule has 4 saturated carbocycles. The van der Waals surface area contributed by atoms with E-state index in [4.69, 9.17) is 5.11 Å². The topological polar surface area (TPSA) is 66.4 Å². The average molecular weight is 277 g/mol. The highest BCUT2D eigenvalue weighted by Gasteiger charge is 2.53. The average Bonchev–Trinajstić information content (AvgIpc) is 2.34. The Kier molecular flexibility index (Phi) is 3.35. The van der Waals surface area contributed by atoms with Gasteiger partial charge in [0.1, 0.15) is 0 Å². The summed E-state index contributed by atoms with van der Waals surface area (Å²) in [5, 5.41) is 11.6. The quantitative estimate of drug-likeness (QED) is 0.775. The molecule has 0 saturated heterocycles. The Morgan fingerprint density at radius 2 is 1.60 bits per heavy atom. The number of hydrogen-bond acceptors (Lipinski definition) is 2. The van der Waals surface area contributed by atoms with Crippen LogP contribution in [-0.2, 0) is 9.59 Å². The van der Waals surface area contributed by atoms with Crippen molar-refractivity contribution in [3.05, 3.63) is 12.2 Å². The first-order chi connectivity index (χ1) is 9.47. The third kappa shape index (κ3) is 2.48. The molecule has 110 valence electrons. The van der Waals surface area contributed by atoms with Crippen molar-refractivity contribution in [1.29, 1.82) is 0 Å². The van der Waals surface area contributed by atoms with Crippen LogP contribution in [0.25, 0.3) is 0 Å². The van der Waals surface area contributed by atoms with E-state index in [-0.39, 0.29) is 17.4 Å². The predicted octanol–water partition coefficient (Wildman–Crippen LogP) is 2.35. The van der Waals surface area contributed by atoms with Gasteiger partial charge >= 0.3 is 5.97 Å². The number of carbonyl (C=O) groups excluding carboxylic acids is 1. The monoisotopic (exact) mass is 277 g/mol. The van der Waals surface area contributed by atoms with Crippen LogP contribution in [0.4, 0.5) is 0 Å². The molecule has 2 N–H and O–H groups in total. The predicted molar refractivity (Wildman–Crippen MR) is 75.0 cm³/mol. The Morgan fingerprint density at radius 3 is 2.05 bits per heavy atom. The zero-order valence-electron chi connectivity index (χ0n) is 12.0. The van der Waals surface area contributed by atoms with Gasteiger partial charge in [0.15, 0.2) is 0 Å². The Morgan fingerprint density at radius 1 is 1.10 bits per heavy atom. The standard InChI is InChI=1S/C16H23NO3/c1-10(17-14(18)2-3-15(19)20)16-7-11-4-12(8-16)6-13(5-11)9-16/h2-3,10-13H,4-9H2,1H3,(H,17,18)(H,19,20). The smallest absolute Gasteiger partial charge is 0.328 e. The molecule has 4 heteroatoms. The fourth-order valence-electron chi connectivity index (χ4n) is 5.27. The summed E-state index contributed by atoms with van der Waals surface area (Å²) in [5.41, 5.74) is 0.265. The second-order valence-corrected chi connectivity index (χ2v) is 7.18. The summed E-state index contributed by atoms with van der Waals surface area (Å²) >= 11 is 0. The second-order valence-electron chi connectivity index (χ2n) is 7.18. The summed E-state index contributed by atoms with van der Waals surface area (Å²) in [7, 11) is 0. The van der Waals surface area contributed by atoms with Gasteiger partial charge in [-0.25, -0.2) is 4.79 Å². The summed E-state index contributed by atoms with van der Waals surface area (Å²) in [5.74, 6) is 1.21. The Labute approximate surface area is 119 Å². The van der Waals surface area contributed by atoms with Crippen LogP contribution in [-0.4, -0.2) is 23.0 Å². The number of rotatable bonds is 4. The molecule has 4 fully saturated rings. The molecule has 0 radical (unpaired) electrons. The molecule has 0 aromatic rings. The van der Waals surface area contributed by atoms with Crippen molar-refractivity contribution >= 4 is 11.9 Å². The van der Waals surface area contributed by atoms with Crippen molar-refractivity contribution in [1.82, 2.24) is 5.32 Å². The molecule has 4 aliphatic rings. The van der Waals surface area contributed by atoms with Crippen LogP contribution in [0, 0.1) is 23.2 Å². The van der Waals surface area contributed by atoms with E-state index in [9.17, 15) is 9.59 Å². The van der Waals surface area contributed by atoms with E-state index in [0.717, 1.165) is 29.9 Å². The van der Waals surface area contributed by atoms with Crippen LogP contribution < -0.4 is 5.32 Å². The van der Waals surface area contributed by atoms with E-state index < -0.39 is 5.97 Å². The van der Waals surface area contributed by atoms with Gasteiger partial charge in [0.25, 0.3) is 0 Å². The van der Waals surface area contributed by atoms with E-state index in [2.05, 4.69) is 12.2 Å². The summed E-state index contributed by atoms with van der Waals surface area (Å²) < 4.78 is 0. The molecule has 4 bridgehead atoms.